The average Bonchev–Trinajstić information content (AvgIpc) is 2.31. The van der Waals surface area contributed by atoms with Crippen LogP contribution in [-0.2, 0) is 0 Å². The molecule has 0 saturated heterocycles. The van der Waals surface area contributed by atoms with Gasteiger partial charge in [0.2, 0.25) is 0 Å². The van der Waals surface area contributed by atoms with Gasteiger partial charge in [-0.05, 0) is 18.1 Å². The van der Waals surface area contributed by atoms with Crippen molar-refractivity contribution in [2.75, 3.05) is 0 Å². The van der Waals surface area contributed by atoms with Crippen LogP contribution in [0.4, 0.5) is 0 Å². The Morgan fingerprint density at radius 1 is 0.733 bits per heavy atom. The molecule has 0 aliphatic carbocycles. The number of rotatable bonds is 6. The molecule has 0 aromatic heterocycles. The van der Waals surface area contributed by atoms with Crippen LogP contribution in [0.1, 0.15) is 41.5 Å². The first kappa shape index (κ1) is 18.1. The molecule has 0 fully saturated rings. The fraction of sp³-hybridized carbons (Fsp3) is 1.00. The van der Waals surface area contributed by atoms with E-state index in [1.54, 1.807) is 0 Å². The van der Waals surface area contributed by atoms with Crippen molar-refractivity contribution in [1.29, 1.82) is 0 Å². The first-order valence-corrected chi connectivity index (χ1v) is 13.6. The summed E-state index contributed by atoms with van der Waals surface area (Å²) in [7, 11) is -1.67. The van der Waals surface area contributed by atoms with Crippen LogP contribution in [0.15, 0.2) is 0 Å². The van der Waals surface area contributed by atoms with E-state index in [2.05, 4.69) is 41.5 Å². The van der Waals surface area contributed by atoms with Crippen molar-refractivity contribution in [3.05, 3.63) is 0 Å². The van der Waals surface area contributed by atoms with Crippen LogP contribution in [0.5, 0.6) is 0 Å². The van der Waals surface area contributed by atoms with E-state index in [4.69, 9.17) is 0 Å². The van der Waals surface area contributed by atoms with E-state index in [9.17, 15) is 4.80 Å². The molecular formula is C12H31GeOSi. The van der Waals surface area contributed by atoms with Crippen LogP contribution >= 0.6 is 0 Å². The summed E-state index contributed by atoms with van der Waals surface area (Å²) in [6, 6.07) is 3.04. The summed E-state index contributed by atoms with van der Waals surface area (Å²) in [4.78, 5) is 9.58. The second-order valence-corrected chi connectivity index (χ2v) is 16.3. The van der Waals surface area contributed by atoms with Crippen molar-refractivity contribution in [2.24, 2.45) is 0 Å². The standard InChI is InChI=1S/C6H15Ge.C6H16OSi/c1-4-7(5-2)6-3;1-4-8(7,5-2)6-3/h4-6H2,1-3H3;7H,4-6H2,1-3H3. The summed E-state index contributed by atoms with van der Waals surface area (Å²) in [5, 5.41) is 4.56. The minimum atomic E-state index is -1.67. The maximum absolute atomic E-state index is 9.58. The van der Waals surface area contributed by atoms with Crippen LogP contribution in [0, 0.1) is 0 Å². The van der Waals surface area contributed by atoms with Crippen molar-refractivity contribution in [3.63, 3.8) is 0 Å². The summed E-state index contributed by atoms with van der Waals surface area (Å²) in [5.41, 5.74) is 0. The number of hydrogen-bond acceptors (Lipinski definition) is 1. The van der Waals surface area contributed by atoms with Gasteiger partial charge in [-0.2, -0.15) is 0 Å². The van der Waals surface area contributed by atoms with Gasteiger partial charge in [-0.15, -0.1) is 0 Å². The molecule has 93 valence electrons. The SMILES string of the molecule is CC[Si](O)(CC)CC.C[CH2][Ge]([CH2]C)[CH2]C. The Morgan fingerprint density at radius 2 is 1.00 bits per heavy atom. The second-order valence-electron chi connectivity index (χ2n) is 4.10. The molecule has 15 heavy (non-hydrogen) atoms. The average molecular weight is 292 g/mol. The quantitative estimate of drug-likeness (QED) is 0.713. The van der Waals surface area contributed by atoms with E-state index in [0.29, 0.717) is 0 Å². The molecule has 3 heteroatoms. The van der Waals surface area contributed by atoms with E-state index in [1.165, 1.54) is 15.8 Å². The number of hydrogen-bond donors (Lipinski definition) is 1. The van der Waals surface area contributed by atoms with Crippen molar-refractivity contribution in [2.45, 2.75) is 75.4 Å². The zero-order chi connectivity index (χ0) is 12.3. The van der Waals surface area contributed by atoms with E-state index in [1.807, 2.05) is 0 Å². The molecule has 0 unspecified atom stereocenters. The van der Waals surface area contributed by atoms with Gasteiger partial charge in [0, 0.05) is 0 Å². The van der Waals surface area contributed by atoms with Gasteiger partial charge in [0.05, 0.1) is 0 Å². The summed E-state index contributed by atoms with van der Waals surface area (Å²) >= 11 is -0.403. The molecule has 0 rings (SSSR count). The predicted molar refractivity (Wildman–Crippen MR) is 76.6 cm³/mol. The van der Waals surface area contributed by atoms with Gasteiger partial charge in [-0.1, -0.05) is 20.8 Å². The Balaban J connectivity index is 0. The van der Waals surface area contributed by atoms with Gasteiger partial charge in [-0.3, -0.25) is 0 Å². The molecule has 0 atom stereocenters. The monoisotopic (exact) mass is 293 g/mol. The first-order valence-electron chi connectivity index (χ1n) is 6.59. The molecule has 0 amide bonds. The molecule has 0 aromatic rings. The minimum absolute atomic E-state index is 0.403. The summed E-state index contributed by atoms with van der Waals surface area (Å²) < 4.78 is 0. The molecule has 0 aliphatic heterocycles. The van der Waals surface area contributed by atoms with Crippen molar-refractivity contribution in [1.82, 2.24) is 0 Å². The van der Waals surface area contributed by atoms with Gasteiger partial charge >= 0.3 is 50.9 Å². The van der Waals surface area contributed by atoms with E-state index < -0.39 is 22.7 Å². The Morgan fingerprint density at radius 3 is 1.00 bits per heavy atom. The van der Waals surface area contributed by atoms with Crippen LogP contribution in [0.25, 0.3) is 0 Å². The zero-order valence-corrected chi connectivity index (χ0v) is 14.8. The van der Waals surface area contributed by atoms with E-state index >= 15 is 0 Å². The molecule has 0 aromatic carbocycles. The van der Waals surface area contributed by atoms with Crippen LogP contribution in [-0.4, -0.2) is 27.5 Å². The normalized spacial score (nSPS) is 11.2. The molecule has 0 heterocycles. The van der Waals surface area contributed by atoms with Crippen LogP contribution in [0.2, 0.25) is 33.9 Å². The van der Waals surface area contributed by atoms with E-state index in [0.717, 1.165) is 18.1 Å². The predicted octanol–water partition coefficient (Wildman–Crippen LogP) is 4.52. The van der Waals surface area contributed by atoms with Gasteiger partial charge in [0.1, 0.15) is 0 Å². The Hall–Kier alpha value is 0.720. The van der Waals surface area contributed by atoms with Crippen LogP contribution < -0.4 is 0 Å². The van der Waals surface area contributed by atoms with Gasteiger partial charge in [0.15, 0.2) is 8.32 Å². The Labute approximate surface area is 103 Å². The molecule has 1 N–H and O–H groups in total. The zero-order valence-electron chi connectivity index (χ0n) is 11.7. The van der Waals surface area contributed by atoms with Gasteiger partial charge in [0.25, 0.3) is 0 Å². The molecule has 0 bridgehead atoms. The second kappa shape index (κ2) is 11.2. The van der Waals surface area contributed by atoms with Crippen LogP contribution in [0.3, 0.4) is 0 Å². The third-order valence-electron chi connectivity index (χ3n) is 3.47. The topological polar surface area (TPSA) is 20.2 Å². The van der Waals surface area contributed by atoms with Gasteiger partial charge in [-0.25, -0.2) is 0 Å². The Kier molecular flexibility index (Phi) is 13.5. The maximum atomic E-state index is 9.58. The fourth-order valence-electron chi connectivity index (χ4n) is 1.50. The molecule has 1 nitrogen and oxygen atoms in total. The third kappa shape index (κ3) is 9.64. The molecule has 0 spiro atoms. The summed E-state index contributed by atoms with van der Waals surface area (Å²) in [6.07, 6.45) is 0. The van der Waals surface area contributed by atoms with Gasteiger partial charge < -0.3 is 4.80 Å². The fourth-order valence-corrected chi connectivity index (χ4v) is 6.15. The molecule has 1 radical (unpaired) electrons. The van der Waals surface area contributed by atoms with Crippen molar-refractivity contribution < 1.29 is 4.80 Å². The summed E-state index contributed by atoms with van der Waals surface area (Å²) in [5.74, 6) is 0. The first-order chi connectivity index (χ1) is 7.03. The van der Waals surface area contributed by atoms with E-state index in [-0.39, 0.29) is 0 Å². The molecular weight excluding hydrogens is 261 g/mol. The molecule has 0 aliphatic rings. The molecule has 0 saturated carbocycles. The van der Waals surface area contributed by atoms with Crippen molar-refractivity contribution in [3.8, 4) is 0 Å². The summed E-state index contributed by atoms with van der Waals surface area (Å²) in [6.45, 7) is 13.3. The van der Waals surface area contributed by atoms with Crippen molar-refractivity contribution >= 4 is 22.7 Å². The Bertz CT molecular complexity index is 109. The third-order valence-corrected chi connectivity index (χ3v) is 13.7.